The Kier molecular flexibility index (Phi) is 7.46. The zero-order chi connectivity index (χ0) is 15.0. The molecule has 1 aromatic carbocycles. The van der Waals surface area contributed by atoms with Crippen LogP contribution in [-0.4, -0.2) is 47.0 Å². The van der Waals surface area contributed by atoms with Gasteiger partial charge in [-0.25, -0.2) is 13.1 Å². The molecule has 0 aliphatic carbocycles. The van der Waals surface area contributed by atoms with Crippen LogP contribution in [0.25, 0.3) is 0 Å². The van der Waals surface area contributed by atoms with Crippen LogP contribution in [0.1, 0.15) is 6.42 Å². The molecule has 114 valence electrons. The minimum atomic E-state index is -3.63. The van der Waals surface area contributed by atoms with E-state index in [0.717, 1.165) is 0 Å². The second-order valence-corrected chi connectivity index (χ2v) is 6.53. The zero-order valence-corrected chi connectivity index (χ0v) is 13.5. The van der Waals surface area contributed by atoms with Crippen LogP contribution in [-0.2, 0) is 14.8 Å². The number of hydrogen-bond donors (Lipinski definition) is 2. The van der Waals surface area contributed by atoms with Crippen molar-refractivity contribution in [3.05, 3.63) is 22.7 Å². The molecule has 0 heterocycles. The highest BCUT2D eigenvalue weighted by atomic mass is 79.9. The lowest BCUT2D eigenvalue weighted by Crippen LogP contribution is -2.26. The lowest BCUT2D eigenvalue weighted by Gasteiger charge is -2.11. The second-order valence-electron chi connectivity index (χ2n) is 3.88. The number of rotatable bonds is 9. The number of methoxy groups -OCH3 is 1. The van der Waals surface area contributed by atoms with Crippen molar-refractivity contribution >= 4 is 26.0 Å². The molecule has 2 N–H and O–H groups in total. The fraction of sp³-hybridized carbons (Fsp3) is 0.500. The second kappa shape index (κ2) is 8.58. The molecule has 0 amide bonds. The van der Waals surface area contributed by atoms with Crippen LogP contribution in [0.2, 0.25) is 0 Å². The first-order valence-electron chi connectivity index (χ1n) is 6.03. The van der Waals surface area contributed by atoms with Gasteiger partial charge in [-0.15, -0.1) is 0 Å². The molecule has 0 aromatic heterocycles. The van der Waals surface area contributed by atoms with Crippen LogP contribution in [0.5, 0.6) is 5.75 Å². The number of benzene rings is 1. The van der Waals surface area contributed by atoms with Crippen molar-refractivity contribution in [3.8, 4) is 5.75 Å². The van der Waals surface area contributed by atoms with Gasteiger partial charge in [-0.3, -0.25) is 0 Å². The van der Waals surface area contributed by atoms with E-state index < -0.39 is 10.0 Å². The smallest absolute Gasteiger partial charge is 0.244 e. The number of ether oxygens (including phenoxy) is 2. The molecule has 1 aromatic rings. The molecular weight excluding hydrogens is 350 g/mol. The van der Waals surface area contributed by atoms with E-state index in [4.69, 9.17) is 14.6 Å². The Morgan fingerprint density at radius 1 is 1.35 bits per heavy atom. The fourth-order valence-corrected chi connectivity index (χ4v) is 3.27. The Morgan fingerprint density at radius 3 is 2.75 bits per heavy atom. The van der Waals surface area contributed by atoms with E-state index in [0.29, 0.717) is 17.5 Å². The number of halogens is 1. The summed E-state index contributed by atoms with van der Waals surface area (Å²) in [4.78, 5) is 0.0886. The Balaban J connectivity index is 2.62. The molecule has 0 radical (unpaired) electrons. The summed E-state index contributed by atoms with van der Waals surface area (Å²) in [5, 5.41) is 8.53. The van der Waals surface area contributed by atoms with E-state index >= 15 is 0 Å². The standard InChI is InChI=1S/C12H18BrNO5S/c1-18-11-4-3-10(13)9-12(11)20(16,17)14-5-2-7-19-8-6-15/h3-4,9,14-15H,2,5-8H2,1H3. The van der Waals surface area contributed by atoms with Crippen molar-refractivity contribution in [1.29, 1.82) is 0 Å². The summed E-state index contributed by atoms with van der Waals surface area (Å²) in [5.74, 6) is 0.289. The van der Waals surface area contributed by atoms with Crippen LogP contribution in [0, 0.1) is 0 Å². The highest BCUT2D eigenvalue weighted by Gasteiger charge is 2.19. The zero-order valence-electron chi connectivity index (χ0n) is 11.1. The van der Waals surface area contributed by atoms with Crippen molar-refractivity contribution in [3.63, 3.8) is 0 Å². The third kappa shape index (κ3) is 5.37. The van der Waals surface area contributed by atoms with Gasteiger partial charge in [-0.05, 0) is 24.6 Å². The summed E-state index contributed by atoms with van der Waals surface area (Å²) in [6, 6.07) is 4.78. The molecule has 0 saturated carbocycles. The van der Waals surface area contributed by atoms with Crippen LogP contribution in [0.4, 0.5) is 0 Å². The van der Waals surface area contributed by atoms with Crippen molar-refractivity contribution in [2.24, 2.45) is 0 Å². The minimum absolute atomic E-state index is 0.0407. The van der Waals surface area contributed by atoms with Crippen molar-refractivity contribution in [2.75, 3.05) is 33.5 Å². The third-order valence-electron chi connectivity index (χ3n) is 2.41. The molecular formula is C12H18BrNO5S. The van der Waals surface area contributed by atoms with Crippen molar-refractivity contribution in [1.82, 2.24) is 4.72 Å². The predicted octanol–water partition coefficient (Wildman–Crippen LogP) is 1.13. The van der Waals surface area contributed by atoms with Crippen LogP contribution in [0.3, 0.4) is 0 Å². The summed E-state index contributed by atoms with van der Waals surface area (Å²) in [6.45, 7) is 0.856. The Labute approximate surface area is 127 Å². The number of sulfonamides is 1. The van der Waals surface area contributed by atoms with Gasteiger partial charge < -0.3 is 14.6 Å². The van der Waals surface area contributed by atoms with Gasteiger partial charge in [0.25, 0.3) is 0 Å². The Bertz CT molecular complexity index is 521. The first-order chi connectivity index (χ1) is 9.51. The predicted molar refractivity (Wildman–Crippen MR) is 78.4 cm³/mol. The van der Waals surface area contributed by atoms with E-state index in [-0.39, 0.29) is 30.4 Å². The quantitative estimate of drug-likeness (QED) is 0.639. The average molecular weight is 368 g/mol. The lowest BCUT2D eigenvalue weighted by atomic mass is 10.3. The van der Waals surface area contributed by atoms with Gasteiger partial charge in [0.2, 0.25) is 10.0 Å². The van der Waals surface area contributed by atoms with E-state index in [9.17, 15) is 8.42 Å². The molecule has 0 saturated heterocycles. The molecule has 6 nitrogen and oxygen atoms in total. The molecule has 0 aliphatic heterocycles. The van der Waals surface area contributed by atoms with Crippen molar-refractivity contribution < 1.29 is 23.0 Å². The molecule has 1 rings (SSSR count). The first kappa shape index (κ1) is 17.4. The minimum Gasteiger partial charge on any atom is -0.495 e. The Morgan fingerprint density at radius 2 is 2.10 bits per heavy atom. The normalized spacial score (nSPS) is 11.6. The van der Waals surface area contributed by atoms with Gasteiger partial charge in [0.05, 0.1) is 20.3 Å². The maximum atomic E-state index is 12.2. The van der Waals surface area contributed by atoms with Crippen LogP contribution < -0.4 is 9.46 Å². The first-order valence-corrected chi connectivity index (χ1v) is 8.30. The van der Waals surface area contributed by atoms with Gasteiger partial charge in [0.15, 0.2) is 0 Å². The summed E-state index contributed by atoms with van der Waals surface area (Å²) in [7, 11) is -2.21. The molecule has 8 heteroatoms. The van der Waals surface area contributed by atoms with Crippen LogP contribution >= 0.6 is 15.9 Å². The van der Waals surface area contributed by atoms with E-state index in [2.05, 4.69) is 20.7 Å². The number of aliphatic hydroxyl groups excluding tert-OH is 1. The molecule has 0 aliphatic rings. The monoisotopic (exact) mass is 367 g/mol. The molecule has 0 spiro atoms. The topological polar surface area (TPSA) is 84.9 Å². The van der Waals surface area contributed by atoms with Gasteiger partial charge in [-0.2, -0.15) is 0 Å². The third-order valence-corrected chi connectivity index (χ3v) is 4.38. The molecule has 0 bridgehead atoms. The maximum Gasteiger partial charge on any atom is 0.244 e. The fourth-order valence-electron chi connectivity index (χ4n) is 1.49. The van der Waals surface area contributed by atoms with E-state index in [1.165, 1.54) is 13.2 Å². The Hall–Kier alpha value is -0.670. The summed E-state index contributed by atoms with van der Waals surface area (Å²) in [5.41, 5.74) is 0. The molecule has 0 atom stereocenters. The lowest BCUT2D eigenvalue weighted by molar-refractivity contribution is 0.0913. The highest BCUT2D eigenvalue weighted by Crippen LogP contribution is 2.26. The van der Waals surface area contributed by atoms with Crippen molar-refractivity contribution in [2.45, 2.75) is 11.3 Å². The van der Waals surface area contributed by atoms with E-state index in [1.807, 2.05) is 0 Å². The maximum absolute atomic E-state index is 12.2. The van der Waals surface area contributed by atoms with Crippen LogP contribution in [0.15, 0.2) is 27.6 Å². The van der Waals surface area contributed by atoms with E-state index in [1.54, 1.807) is 12.1 Å². The molecule has 20 heavy (non-hydrogen) atoms. The van der Waals surface area contributed by atoms with Gasteiger partial charge in [0, 0.05) is 17.6 Å². The largest absolute Gasteiger partial charge is 0.495 e. The van der Waals surface area contributed by atoms with Gasteiger partial charge in [-0.1, -0.05) is 15.9 Å². The number of aliphatic hydroxyl groups is 1. The molecule has 0 fully saturated rings. The average Bonchev–Trinajstić information content (AvgIpc) is 2.42. The van der Waals surface area contributed by atoms with Gasteiger partial charge >= 0.3 is 0 Å². The number of hydrogen-bond acceptors (Lipinski definition) is 5. The number of nitrogens with one attached hydrogen (secondary N) is 1. The van der Waals surface area contributed by atoms with Gasteiger partial charge in [0.1, 0.15) is 10.6 Å². The molecule has 0 unspecified atom stereocenters. The summed E-state index contributed by atoms with van der Waals surface area (Å²) < 4.78 is 37.6. The highest BCUT2D eigenvalue weighted by molar-refractivity contribution is 9.10. The SMILES string of the molecule is COc1ccc(Br)cc1S(=O)(=O)NCCCOCCO. The summed E-state index contributed by atoms with van der Waals surface area (Å²) >= 11 is 3.24. The summed E-state index contributed by atoms with van der Waals surface area (Å²) in [6.07, 6.45) is 0.523.